The minimum absolute atomic E-state index is 0.0670. The maximum atomic E-state index is 12.0. The lowest BCUT2D eigenvalue weighted by Gasteiger charge is -2.13. The Morgan fingerprint density at radius 3 is 2.58 bits per heavy atom. The Hall–Kier alpha value is -1.56. The summed E-state index contributed by atoms with van der Waals surface area (Å²) in [5.41, 5.74) is 2.35. The standard InChI is InChI=1S/C18H20BrClN2O2/c1-22(2)11-14-6-4-3-5-13(14)10-21-18(23)12-24-17-8-7-15(19)9-16(17)20/h3-9H,10-12H2,1-2H3,(H,21,23)/p+1. The van der Waals surface area contributed by atoms with E-state index in [0.717, 1.165) is 16.6 Å². The zero-order valence-corrected chi connectivity index (χ0v) is 16.1. The number of ether oxygens (including phenoxy) is 1. The zero-order valence-electron chi connectivity index (χ0n) is 13.7. The summed E-state index contributed by atoms with van der Waals surface area (Å²) >= 11 is 9.40. The summed E-state index contributed by atoms with van der Waals surface area (Å²) in [5, 5.41) is 3.36. The second-order valence-electron chi connectivity index (χ2n) is 5.79. The van der Waals surface area contributed by atoms with Crippen LogP contribution >= 0.6 is 27.5 Å². The Bertz CT molecular complexity index is 707. The molecule has 0 saturated carbocycles. The van der Waals surface area contributed by atoms with E-state index in [1.807, 2.05) is 24.3 Å². The van der Waals surface area contributed by atoms with Crippen LogP contribution in [0.4, 0.5) is 0 Å². The first kappa shape index (κ1) is 18.8. The van der Waals surface area contributed by atoms with Crippen LogP contribution in [0.5, 0.6) is 5.75 Å². The lowest BCUT2D eigenvalue weighted by Crippen LogP contribution is -3.04. The van der Waals surface area contributed by atoms with Gasteiger partial charge in [0.1, 0.15) is 12.3 Å². The summed E-state index contributed by atoms with van der Waals surface area (Å²) in [6.45, 7) is 1.33. The first-order valence-corrected chi connectivity index (χ1v) is 8.83. The van der Waals surface area contributed by atoms with Gasteiger partial charge in [-0.1, -0.05) is 51.8 Å². The van der Waals surface area contributed by atoms with Gasteiger partial charge in [0.05, 0.1) is 19.1 Å². The van der Waals surface area contributed by atoms with Crippen LogP contribution in [0.1, 0.15) is 11.1 Å². The molecule has 2 N–H and O–H groups in total. The van der Waals surface area contributed by atoms with Crippen molar-refractivity contribution in [1.82, 2.24) is 5.32 Å². The number of benzene rings is 2. The average molecular weight is 413 g/mol. The molecular formula is C18H21BrClN2O2+. The maximum absolute atomic E-state index is 12.0. The molecule has 0 heterocycles. The van der Waals surface area contributed by atoms with E-state index in [4.69, 9.17) is 16.3 Å². The highest BCUT2D eigenvalue weighted by Gasteiger charge is 2.09. The first-order valence-electron chi connectivity index (χ1n) is 7.66. The van der Waals surface area contributed by atoms with E-state index in [0.29, 0.717) is 17.3 Å². The van der Waals surface area contributed by atoms with E-state index in [1.54, 1.807) is 12.1 Å². The molecular weight excluding hydrogens is 392 g/mol. The molecule has 0 aliphatic carbocycles. The SMILES string of the molecule is C[NH+](C)Cc1ccccc1CNC(=O)COc1ccc(Br)cc1Cl. The summed E-state index contributed by atoms with van der Waals surface area (Å²) in [7, 11) is 4.20. The third-order valence-electron chi connectivity index (χ3n) is 3.39. The second kappa shape index (κ2) is 9.06. The molecule has 0 radical (unpaired) electrons. The predicted octanol–water partition coefficient (Wildman–Crippen LogP) is 2.44. The molecule has 0 aliphatic heterocycles. The quantitative estimate of drug-likeness (QED) is 0.733. The van der Waals surface area contributed by atoms with Gasteiger partial charge < -0.3 is 15.0 Å². The van der Waals surface area contributed by atoms with Gasteiger partial charge in [-0.3, -0.25) is 4.79 Å². The molecule has 6 heteroatoms. The fourth-order valence-corrected chi connectivity index (χ4v) is 2.99. The molecule has 24 heavy (non-hydrogen) atoms. The molecule has 0 atom stereocenters. The molecule has 0 unspecified atom stereocenters. The molecule has 4 nitrogen and oxygen atoms in total. The fourth-order valence-electron chi connectivity index (χ4n) is 2.26. The molecule has 0 fully saturated rings. The summed E-state index contributed by atoms with van der Waals surface area (Å²) in [5.74, 6) is 0.313. The largest absolute Gasteiger partial charge is 0.482 e. The number of quaternary nitrogens is 1. The average Bonchev–Trinajstić information content (AvgIpc) is 2.52. The van der Waals surface area contributed by atoms with Gasteiger partial charge in [0.25, 0.3) is 5.91 Å². The number of carbonyl (C=O) groups excluding carboxylic acids is 1. The van der Waals surface area contributed by atoms with Gasteiger partial charge >= 0.3 is 0 Å². The smallest absolute Gasteiger partial charge is 0.258 e. The minimum Gasteiger partial charge on any atom is -0.482 e. The topological polar surface area (TPSA) is 42.8 Å². The predicted molar refractivity (Wildman–Crippen MR) is 99.5 cm³/mol. The molecule has 2 aromatic rings. The van der Waals surface area contributed by atoms with Gasteiger partial charge in [-0.05, 0) is 23.8 Å². The number of hydrogen-bond acceptors (Lipinski definition) is 2. The van der Waals surface area contributed by atoms with Gasteiger partial charge in [0, 0.05) is 16.6 Å². The van der Waals surface area contributed by atoms with Crippen LogP contribution in [0, 0.1) is 0 Å². The van der Waals surface area contributed by atoms with Crippen LogP contribution in [0.25, 0.3) is 0 Å². The van der Waals surface area contributed by atoms with E-state index < -0.39 is 0 Å². The number of rotatable bonds is 7. The van der Waals surface area contributed by atoms with Crippen LogP contribution in [-0.2, 0) is 17.9 Å². The van der Waals surface area contributed by atoms with Crippen LogP contribution < -0.4 is 15.0 Å². The number of halogens is 2. The number of nitrogens with one attached hydrogen (secondary N) is 2. The summed E-state index contributed by atoms with van der Waals surface area (Å²) in [6.07, 6.45) is 0. The lowest BCUT2D eigenvalue weighted by molar-refractivity contribution is -0.872. The Balaban J connectivity index is 1.87. The third kappa shape index (κ3) is 5.82. The Morgan fingerprint density at radius 1 is 1.21 bits per heavy atom. The number of carbonyl (C=O) groups is 1. The van der Waals surface area contributed by atoms with Gasteiger partial charge in [-0.15, -0.1) is 0 Å². The number of amides is 1. The normalized spacial score (nSPS) is 10.7. The third-order valence-corrected chi connectivity index (χ3v) is 4.18. The molecule has 0 aliphatic rings. The van der Waals surface area contributed by atoms with Gasteiger partial charge in [0.15, 0.2) is 6.61 Å². The molecule has 2 rings (SSSR count). The van der Waals surface area contributed by atoms with Gasteiger partial charge in [-0.2, -0.15) is 0 Å². The summed E-state index contributed by atoms with van der Waals surface area (Å²) in [4.78, 5) is 13.3. The highest BCUT2D eigenvalue weighted by atomic mass is 79.9. The minimum atomic E-state index is -0.180. The van der Waals surface area contributed by atoms with Crippen molar-refractivity contribution in [3.63, 3.8) is 0 Å². The van der Waals surface area contributed by atoms with Gasteiger partial charge in [-0.25, -0.2) is 0 Å². The monoisotopic (exact) mass is 411 g/mol. The Kier molecular flexibility index (Phi) is 7.09. The Morgan fingerprint density at radius 2 is 1.92 bits per heavy atom. The van der Waals surface area contributed by atoms with Crippen molar-refractivity contribution in [3.8, 4) is 5.75 Å². The zero-order chi connectivity index (χ0) is 17.5. The summed E-state index contributed by atoms with van der Waals surface area (Å²) < 4.78 is 6.33. The van der Waals surface area contributed by atoms with E-state index >= 15 is 0 Å². The highest BCUT2D eigenvalue weighted by Crippen LogP contribution is 2.27. The molecule has 0 bridgehead atoms. The van der Waals surface area contributed by atoms with Gasteiger partial charge in [0.2, 0.25) is 0 Å². The molecule has 128 valence electrons. The van der Waals surface area contributed by atoms with E-state index in [1.165, 1.54) is 10.5 Å². The molecule has 0 spiro atoms. The van der Waals surface area contributed by atoms with Crippen LogP contribution in [-0.4, -0.2) is 26.6 Å². The van der Waals surface area contributed by atoms with Crippen molar-refractivity contribution in [3.05, 3.63) is 63.1 Å². The Labute approximate surface area is 155 Å². The van der Waals surface area contributed by atoms with Crippen molar-refractivity contribution >= 4 is 33.4 Å². The molecule has 1 amide bonds. The van der Waals surface area contributed by atoms with Crippen LogP contribution in [0.2, 0.25) is 5.02 Å². The summed E-state index contributed by atoms with van der Waals surface area (Å²) in [6, 6.07) is 13.4. The van der Waals surface area contributed by atoms with E-state index in [-0.39, 0.29) is 12.5 Å². The molecule has 0 aromatic heterocycles. The van der Waals surface area contributed by atoms with E-state index in [9.17, 15) is 4.79 Å². The van der Waals surface area contributed by atoms with Crippen molar-refractivity contribution < 1.29 is 14.4 Å². The molecule has 2 aromatic carbocycles. The maximum Gasteiger partial charge on any atom is 0.258 e. The molecule has 0 saturated heterocycles. The number of hydrogen-bond donors (Lipinski definition) is 2. The van der Waals surface area contributed by atoms with Crippen LogP contribution in [0.3, 0.4) is 0 Å². The highest BCUT2D eigenvalue weighted by molar-refractivity contribution is 9.10. The fraction of sp³-hybridized carbons (Fsp3) is 0.278. The van der Waals surface area contributed by atoms with Crippen molar-refractivity contribution in [1.29, 1.82) is 0 Å². The van der Waals surface area contributed by atoms with Crippen LogP contribution in [0.15, 0.2) is 46.9 Å². The first-order chi connectivity index (χ1) is 11.5. The van der Waals surface area contributed by atoms with E-state index in [2.05, 4.69) is 41.4 Å². The van der Waals surface area contributed by atoms with Crippen molar-refractivity contribution in [2.75, 3.05) is 20.7 Å². The second-order valence-corrected chi connectivity index (χ2v) is 7.12. The van der Waals surface area contributed by atoms with Crippen molar-refractivity contribution in [2.45, 2.75) is 13.1 Å². The lowest BCUT2D eigenvalue weighted by atomic mass is 10.1. The van der Waals surface area contributed by atoms with Crippen molar-refractivity contribution in [2.24, 2.45) is 0 Å².